The minimum absolute atomic E-state index is 0.180. The largest absolute Gasteiger partial charge is 0.342 e. The standard InChI is InChI=1S/C18H30N2O/c1-4-6-13-20(14-7-5-2)18(21)15(3)17(19)16-11-9-8-10-12-16/h8-12,15,17H,4-7,13-14,19H2,1-3H3. The van der Waals surface area contributed by atoms with E-state index >= 15 is 0 Å². The molecule has 0 bridgehead atoms. The highest BCUT2D eigenvalue weighted by molar-refractivity contribution is 5.79. The first-order valence-corrected chi connectivity index (χ1v) is 8.21. The number of rotatable bonds is 9. The van der Waals surface area contributed by atoms with Gasteiger partial charge in [-0.05, 0) is 18.4 Å². The van der Waals surface area contributed by atoms with E-state index in [1.54, 1.807) is 0 Å². The van der Waals surface area contributed by atoms with Gasteiger partial charge in [-0.25, -0.2) is 0 Å². The molecule has 1 aromatic rings. The number of hydrogen-bond acceptors (Lipinski definition) is 2. The molecule has 0 aliphatic rings. The molecule has 3 heteroatoms. The van der Waals surface area contributed by atoms with Crippen LogP contribution in [0.2, 0.25) is 0 Å². The first-order valence-electron chi connectivity index (χ1n) is 8.21. The zero-order valence-electron chi connectivity index (χ0n) is 13.7. The number of hydrogen-bond donors (Lipinski definition) is 1. The van der Waals surface area contributed by atoms with Gasteiger partial charge in [0.1, 0.15) is 0 Å². The molecule has 1 rings (SSSR count). The molecular weight excluding hydrogens is 260 g/mol. The summed E-state index contributed by atoms with van der Waals surface area (Å²) in [6.45, 7) is 7.95. The summed E-state index contributed by atoms with van der Waals surface area (Å²) in [7, 11) is 0. The molecule has 0 heterocycles. The highest BCUT2D eigenvalue weighted by Crippen LogP contribution is 2.21. The van der Waals surface area contributed by atoms with Crippen LogP contribution in [-0.4, -0.2) is 23.9 Å². The fourth-order valence-electron chi connectivity index (χ4n) is 2.44. The van der Waals surface area contributed by atoms with Crippen LogP contribution in [0, 0.1) is 5.92 Å². The molecule has 2 N–H and O–H groups in total. The average Bonchev–Trinajstić information content (AvgIpc) is 2.54. The summed E-state index contributed by atoms with van der Waals surface area (Å²) in [6.07, 6.45) is 4.33. The van der Waals surface area contributed by atoms with Crippen LogP contribution in [-0.2, 0) is 4.79 Å². The molecule has 3 nitrogen and oxygen atoms in total. The monoisotopic (exact) mass is 290 g/mol. The van der Waals surface area contributed by atoms with E-state index in [4.69, 9.17) is 5.73 Å². The fraction of sp³-hybridized carbons (Fsp3) is 0.611. The van der Waals surface area contributed by atoms with Crippen LogP contribution in [0.5, 0.6) is 0 Å². The van der Waals surface area contributed by atoms with Crippen LogP contribution in [0.25, 0.3) is 0 Å². The van der Waals surface area contributed by atoms with Crippen LogP contribution >= 0.6 is 0 Å². The van der Waals surface area contributed by atoms with Crippen molar-refractivity contribution in [2.75, 3.05) is 13.1 Å². The van der Waals surface area contributed by atoms with Gasteiger partial charge in [0.2, 0.25) is 5.91 Å². The molecule has 2 unspecified atom stereocenters. The van der Waals surface area contributed by atoms with Crippen molar-refractivity contribution in [1.29, 1.82) is 0 Å². The topological polar surface area (TPSA) is 46.3 Å². The maximum atomic E-state index is 12.7. The van der Waals surface area contributed by atoms with Gasteiger partial charge in [0.25, 0.3) is 0 Å². The third-order valence-corrected chi connectivity index (χ3v) is 3.99. The first-order chi connectivity index (χ1) is 10.1. The predicted molar refractivity (Wildman–Crippen MR) is 88.9 cm³/mol. The van der Waals surface area contributed by atoms with Crippen LogP contribution in [0.15, 0.2) is 30.3 Å². The van der Waals surface area contributed by atoms with E-state index in [0.29, 0.717) is 0 Å². The number of nitrogens with zero attached hydrogens (tertiary/aromatic N) is 1. The van der Waals surface area contributed by atoms with Crippen molar-refractivity contribution in [3.8, 4) is 0 Å². The Hall–Kier alpha value is -1.35. The van der Waals surface area contributed by atoms with Crippen LogP contribution in [0.1, 0.15) is 58.1 Å². The van der Waals surface area contributed by atoms with Crippen molar-refractivity contribution < 1.29 is 4.79 Å². The summed E-state index contributed by atoms with van der Waals surface area (Å²) in [5.74, 6) is 0.00867. The summed E-state index contributed by atoms with van der Waals surface area (Å²) < 4.78 is 0. The Morgan fingerprint density at radius 2 is 1.62 bits per heavy atom. The molecule has 0 saturated carbocycles. The highest BCUT2D eigenvalue weighted by atomic mass is 16.2. The number of carbonyl (C=O) groups excluding carboxylic acids is 1. The van der Waals surface area contributed by atoms with Gasteiger partial charge in [0.15, 0.2) is 0 Å². The molecule has 0 aromatic heterocycles. The summed E-state index contributed by atoms with van der Waals surface area (Å²) in [4.78, 5) is 14.7. The lowest BCUT2D eigenvalue weighted by molar-refractivity contribution is -0.135. The second-order valence-corrected chi connectivity index (χ2v) is 5.76. The van der Waals surface area contributed by atoms with Crippen molar-refractivity contribution in [2.45, 2.75) is 52.5 Å². The van der Waals surface area contributed by atoms with Crippen molar-refractivity contribution in [3.05, 3.63) is 35.9 Å². The molecule has 0 radical (unpaired) electrons. The van der Waals surface area contributed by atoms with E-state index in [1.807, 2.05) is 42.2 Å². The predicted octanol–water partition coefficient (Wildman–Crippen LogP) is 3.75. The average molecular weight is 290 g/mol. The summed E-state index contributed by atoms with van der Waals surface area (Å²) >= 11 is 0. The molecule has 118 valence electrons. The zero-order valence-corrected chi connectivity index (χ0v) is 13.7. The lowest BCUT2D eigenvalue weighted by atomic mass is 9.94. The van der Waals surface area contributed by atoms with Crippen LogP contribution in [0.3, 0.4) is 0 Å². The molecule has 0 aliphatic carbocycles. The normalized spacial score (nSPS) is 13.7. The number of carbonyl (C=O) groups is 1. The SMILES string of the molecule is CCCCN(CCCC)C(=O)C(C)C(N)c1ccccc1. The van der Waals surface area contributed by atoms with Crippen LogP contribution in [0.4, 0.5) is 0 Å². The van der Waals surface area contributed by atoms with Crippen LogP contribution < -0.4 is 5.73 Å². The van der Waals surface area contributed by atoms with Crippen molar-refractivity contribution in [3.63, 3.8) is 0 Å². The lowest BCUT2D eigenvalue weighted by Gasteiger charge is -2.28. The van der Waals surface area contributed by atoms with E-state index in [1.165, 1.54) is 0 Å². The van der Waals surface area contributed by atoms with E-state index < -0.39 is 0 Å². The minimum Gasteiger partial charge on any atom is -0.342 e. The second kappa shape index (κ2) is 9.56. The fourth-order valence-corrected chi connectivity index (χ4v) is 2.44. The second-order valence-electron chi connectivity index (χ2n) is 5.76. The van der Waals surface area contributed by atoms with Gasteiger partial charge in [-0.2, -0.15) is 0 Å². The van der Waals surface area contributed by atoms with E-state index in [2.05, 4.69) is 13.8 Å². The summed E-state index contributed by atoms with van der Waals surface area (Å²) in [6, 6.07) is 9.67. The number of unbranched alkanes of at least 4 members (excludes halogenated alkanes) is 2. The Balaban J connectivity index is 2.71. The highest BCUT2D eigenvalue weighted by Gasteiger charge is 2.26. The number of benzene rings is 1. The molecule has 0 spiro atoms. The first kappa shape index (κ1) is 17.7. The van der Waals surface area contributed by atoms with Gasteiger partial charge < -0.3 is 10.6 Å². The van der Waals surface area contributed by atoms with E-state index in [-0.39, 0.29) is 17.9 Å². The Labute approximate surface area is 129 Å². The Morgan fingerprint density at radius 3 is 2.10 bits per heavy atom. The molecule has 21 heavy (non-hydrogen) atoms. The van der Waals surface area contributed by atoms with E-state index in [0.717, 1.165) is 44.3 Å². The van der Waals surface area contributed by atoms with Gasteiger partial charge in [0.05, 0.1) is 5.92 Å². The van der Waals surface area contributed by atoms with Gasteiger partial charge in [0, 0.05) is 19.1 Å². The van der Waals surface area contributed by atoms with Crippen molar-refractivity contribution >= 4 is 5.91 Å². The molecule has 0 aliphatic heterocycles. The molecule has 0 saturated heterocycles. The molecule has 0 fully saturated rings. The smallest absolute Gasteiger partial charge is 0.227 e. The summed E-state index contributed by atoms with van der Waals surface area (Å²) in [5.41, 5.74) is 7.32. The maximum absolute atomic E-state index is 12.7. The Bertz CT molecular complexity index is 397. The third kappa shape index (κ3) is 5.50. The Morgan fingerprint density at radius 1 is 1.10 bits per heavy atom. The quantitative estimate of drug-likeness (QED) is 0.753. The molecule has 1 amide bonds. The maximum Gasteiger partial charge on any atom is 0.227 e. The van der Waals surface area contributed by atoms with Gasteiger partial charge in [-0.1, -0.05) is 63.9 Å². The molecular formula is C18H30N2O. The molecule has 2 atom stereocenters. The number of amides is 1. The minimum atomic E-state index is -0.232. The molecule has 1 aromatic carbocycles. The Kier molecular flexibility index (Phi) is 8.06. The van der Waals surface area contributed by atoms with E-state index in [9.17, 15) is 4.79 Å². The van der Waals surface area contributed by atoms with Crippen molar-refractivity contribution in [2.24, 2.45) is 11.7 Å². The van der Waals surface area contributed by atoms with Crippen molar-refractivity contribution in [1.82, 2.24) is 4.90 Å². The zero-order chi connectivity index (χ0) is 15.7. The van der Waals surface area contributed by atoms with Gasteiger partial charge in [-0.15, -0.1) is 0 Å². The third-order valence-electron chi connectivity index (χ3n) is 3.99. The lowest BCUT2D eigenvalue weighted by Crippen LogP contribution is -2.40. The van der Waals surface area contributed by atoms with Gasteiger partial charge in [-0.3, -0.25) is 4.79 Å². The van der Waals surface area contributed by atoms with Gasteiger partial charge >= 0.3 is 0 Å². The number of nitrogens with two attached hydrogens (primary N) is 1. The summed E-state index contributed by atoms with van der Waals surface area (Å²) in [5, 5.41) is 0.